The number of carbonyl (C=O) groups is 1. The first-order valence-electron chi connectivity index (χ1n) is 7.60. The van der Waals surface area contributed by atoms with Gasteiger partial charge in [0, 0.05) is 20.6 Å². The molecule has 0 aromatic carbocycles. The second kappa shape index (κ2) is 9.94. The number of cyclic esters (lactones) is 1. The quantitative estimate of drug-likeness (QED) is 0.282. The predicted octanol–water partition coefficient (Wildman–Crippen LogP) is 3.31. The molecular weight excluding hydrogens is 256 g/mol. The van der Waals surface area contributed by atoms with Gasteiger partial charge in [-0.3, -0.25) is 4.79 Å². The zero-order valence-electron chi connectivity index (χ0n) is 13.0. The monoisotopic (exact) mass is 284 g/mol. The first-order valence-corrected chi connectivity index (χ1v) is 7.60. The molecule has 4 nitrogen and oxygen atoms in total. The first-order chi connectivity index (χ1) is 9.71. The SMILES string of the molecule is CCCCCC(/C=C/C(OC)OC)C1CCOC(=O)C1. The Balaban J connectivity index is 2.60. The molecule has 0 aromatic heterocycles. The number of hydrogen-bond acceptors (Lipinski definition) is 4. The first kappa shape index (κ1) is 17.2. The molecule has 1 rings (SSSR count). The van der Waals surface area contributed by atoms with Crippen LogP contribution in [0, 0.1) is 11.8 Å². The number of methoxy groups -OCH3 is 2. The number of rotatable bonds is 9. The third-order valence-electron chi connectivity index (χ3n) is 3.91. The van der Waals surface area contributed by atoms with Crippen LogP contribution in [-0.4, -0.2) is 33.1 Å². The highest BCUT2D eigenvalue weighted by Gasteiger charge is 2.26. The fraction of sp³-hybridized carbons (Fsp3) is 0.812. The van der Waals surface area contributed by atoms with Crippen molar-refractivity contribution in [3.8, 4) is 0 Å². The van der Waals surface area contributed by atoms with Gasteiger partial charge in [-0.05, 0) is 30.8 Å². The zero-order chi connectivity index (χ0) is 14.8. The van der Waals surface area contributed by atoms with Crippen LogP contribution in [0.2, 0.25) is 0 Å². The highest BCUT2D eigenvalue weighted by atomic mass is 16.7. The van der Waals surface area contributed by atoms with Crippen molar-refractivity contribution in [2.75, 3.05) is 20.8 Å². The molecule has 0 saturated carbocycles. The summed E-state index contributed by atoms with van der Waals surface area (Å²) in [6.07, 6.45) is 10.1. The summed E-state index contributed by atoms with van der Waals surface area (Å²) in [6, 6.07) is 0. The van der Waals surface area contributed by atoms with Gasteiger partial charge in [0.05, 0.1) is 6.61 Å². The molecule has 116 valence electrons. The largest absolute Gasteiger partial charge is 0.466 e. The Labute approximate surface area is 122 Å². The standard InChI is InChI=1S/C16H28O4/c1-4-5-6-7-13(8-9-16(18-2)19-3)14-10-11-20-15(17)12-14/h8-9,13-14,16H,4-7,10-12H2,1-3H3/b9-8+. The van der Waals surface area contributed by atoms with E-state index in [2.05, 4.69) is 13.0 Å². The summed E-state index contributed by atoms with van der Waals surface area (Å²) in [5.41, 5.74) is 0. The van der Waals surface area contributed by atoms with Crippen molar-refractivity contribution < 1.29 is 19.0 Å². The summed E-state index contributed by atoms with van der Waals surface area (Å²) in [7, 11) is 3.26. The van der Waals surface area contributed by atoms with Crippen LogP contribution in [0.25, 0.3) is 0 Å². The van der Waals surface area contributed by atoms with Gasteiger partial charge in [-0.15, -0.1) is 0 Å². The molecule has 0 aliphatic carbocycles. The number of ether oxygens (including phenoxy) is 3. The van der Waals surface area contributed by atoms with E-state index < -0.39 is 0 Å². The van der Waals surface area contributed by atoms with Crippen molar-refractivity contribution in [3.63, 3.8) is 0 Å². The molecule has 1 aliphatic heterocycles. The molecule has 1 heterocycles. The molecule has 0 aromatic rings. The van der Waals surface area contributed by atoms with E-state index >= 15 is 0 Å². The summed E-state index contributed by atoms with van der Waals surface area (Å²) in [5.74, 6) is 0.728. The van der Waals surface area contributed by atoms with Gasteiger partial charge in [0.2, 0.25) is 0 Å². The Bertz CT molecular complexity index is 297. The minimum Gasteiger partial charge on any atom is -0.466 e. The highest BCUT2D eigenvalue weighted by molar-refractivity contribution is 5.70. The summed E-state index contributed by atoms with van der Waals surface area (Å²) in [4.78, 5) is 11.5. The molecule has 0 radical (unpaired) electrons. The number of unbranched alkanes of at least 4 members (excludes halogenated alkanes) is 2. The second-order valence-electron chi connectivity index (χ2n) is 5.36. The number of hydrogen-bond donors (Lipinski definition) is 0. The van der Waals surface area contributed by atoms with Crippen LogP contribution in [0.1, 0.15) is 45.4 Å². The summed E-state index contributed by atoms with van der Waals surface area (Å²) in [6.45, 7) is 2.76. The van der Waals surface area contributed by atoms with Crippen LogP contribution in [0.3, 0.4) is 0 Å². The Hall–Kier alpha value is -0.870. The number of allylic oxidation sites excluding steroid dienone is 1. The van der Waals surface area contributed by atoms with E-state index in [4.69, 9.17) is 14.2 Å². The zero-order valence-corrected chi connectivity index (χ0v) is 13.0. The average molecular weight is 284 g/mol. The molecule has 0 bridgehead atoms. The summed E-state index contributed by atoms with van der Waals surface area (Å²) >= 11 is 0. The van der Waals surface area contributed by atoms with Crippen molar-refractivity contribution in [2.45, 2.75) is 51.7 Å². The topological polar surface area (TPSA) is 44.8 Å². The molecule has 4 heteroatoms. The minimum absolute atomic E-state index is 0.0647. The van der Waals surface area contributed by atoms with Crippen LogP contribution < -0.4 is 0 Å². The normalized spacial score (nSPS) is 21.4. The summed E-state index contributed by atoms with van der Waals surface area (Å²) < 4.78 is 15.4. The van der Waals surface area contributed by atoms with Crippen LogP contribution in [0.15, 0.2) is 12.2 Å². The lowest BCUT2D eigenvalue weighted by Gasteiger charge is -2.28. The average Bonchev–Trinajstić information content (AvgIpc) is 2.46. The Morgan fingerprint density at radius 1 is 1.30 bits per heavy atom. The van der Waals surface area contributed by atoms with Crippen molar-refractivity contribution in [3.05, 3.63) is 12.2 Å². The van der Waals surface area contributed by atoms with Crippen LogP contribution >= 0.6 is 0 Å². The van der Waals surface area contributed by atoms with E-state index in [9.17, 15) is 4.79 Å². The van der Waals surface area contributed by atoms with E-state index in [1.165, 1.54) is 19.3 Å². The number of esters is 1. The van der Waals surface area contributed by atoms with Crippen LogP contribution in [-0.2, 0) is 19.0 Å². The third kappa shape index (κ3) is 6.06. The maximum absolute atomic E-state index is 11.5. The van der Waals surface area contributed by atoms with E-state index in [-0.39, 0.29) is 12.3 Å². The Morgan fingerprint density at radius 2 is 2.05 bits per heavy atom. The Morgan fingerprint density at radius 3 is 2.65 bits per heavy atom. The van der Waals surface area contributed by atoms with Gasteiger partial charge < -0.3 is 14.2 Å². The lowest BCUT2D eigenvalue weighted by atomic mass is 9.82. The van der Waals surface area contributed by atoms with E-state index in [1.54, 1.807) is 14.2 Å². The van der Waals surface area contributed by atoms with Gasteiger partial charge in [-0.2, -0.15) is 0 Å². The summed E-state index contributed by atoms with van der Waals surface area (Å²) in [5, 5.41) is 0. The van der Waals surface area contributed by atoms with Crippen molar-refractivity contribution >= 4 is 5.97 Å². The molecule has 0 spiro atoms. The van der Waals surface area contributed by atoms with E-state index in [1.807, 2.05) is 6.08 Å². The fourth-order valence-corrected chi connectivity index (χ4v) is 2.67. The van der Waals surface area contributed by atoms with E-state index in [0.29, 0.717) is 24.9 Å². The van der Waals surface area contributed by atoms with Gasteiger partial charge in [0.1, 0.15) is 0 Å². The molecular formula is C16H28O4. The highest BCUT2D eigenvalue weighted by Crippen LogP contribution is 2.29. The lowest BCUT2D eigenvalue weighted by Crippen LogP contribution is -2.26. The molecule has 0 amide bonds. The molecule has 2 atom stereocenters. The molecule has 0 N–H and O–H groups in total. The second-order valence-corrected chi connectivity index (χ2v) is 5.36. The van der Waals surface area contributed by atoms with Crippen molar-refractivity contribution in [1.29, 1.82) is 0 Å². The van der Waals surface area contributed by atoms with Gasteiger partial charge >= 0.3 is 5.97 Å². The van der Waals surface area contributed by atoms with Gasteiger partial charge in [-0.25, -0.2) is 0 Å². The lowest BCUT2D eigenvalue weighted by molar-refractivity contribution is -0.149. The van der Waals surface area contributed by atoms with Gasteiger partial charge in [-0.1, -0.05) is 32.3 Å². The van der Waals surface area contributed by atoms with Gasteiger partial charge in [0.25, 0.3) is 0 Å². The molecule has 1 saturated heterocycles. The molecule has 1 fully saturated rings. The maximum Gasteiger partial charge on any atom is 0.306 e. The van der Waals surface area contributed by atoms with Crippen LogP contribution in [0.4, 0.5) is 0 Å². The van der Waals surface area contributed by atoms with E-state index in [0.717, 1.165) is 12.8 Å². The minimum atomic E-state index is -0.306. The fourth-order valence-electron chi connectivity index (χ4n) is 2.67. The van der Waals surface area contributed by atoms with Crippen molar-refractivity contribution in [1.82, 2.24) is 0 Å². The van der Waals surface area contributed by atoms with Crippen LogP contribution in [0.5, 0.6) is 0 Å². The molecule has 1 aliphatic rings. The predicted molar refractivity (Wildman–Crippen MR) is 78.3 cm³/mol. The Kier molecular flexibility index (Phi) is 8.54. The van der Waals surface area contributed by atoms with Crippen molar-refractivity contribution in [2.24, 2.45) is 11.8 Å². The molecule has 20 heavy (non-hydrogen) atoms. The third-order valence-corrected chi connectivity index (χ3v) is 3.91. The van der Waals surface area contributed by atoms with Gasteiger partial charge in [0.15, 0.2) is 6.29 Å². The number of carbonyl (C=O) groups excluding carboxylic acids is 1. The smallest absolute Gasteiger partial charge is 0.306 e. The molecule has 2 unspecified atom stereocenters. The maximum atomic E-state index is 11.5.